The van der Waals surface area contributed by atoms with Gasteiger partial charge in [0.2, 0.25) is 0 Å². The van der Waals surface area contributed by atoms with Crippen LogP contribution in [0.1, 0.15) is 37.9 Å². The van der Waals surface area contributed by atoms with Crippen LogP contribution in [0.5, 0.6) is 0 Å². The number of carboxylic acids is 1. The number of hydrogen-bond acceptors (Lipinski definition) is 5. The van der Waals surface area contributed by atoms with E-state index in [4.69, 9.17) is 5.11 Å². The van der Waals surface area contributed by atoms with Crippen LogP contribution in [0.2, 0.25) is 0 Å². The number of rotatable bonds is 4. The van der Waals surface area contributed by atoms with Crippen LogP contribution in [-0.2, 0) is 11.2 Å². The number of hydrogen-bond donors (Lipinski definition) is 3. The number of carboxylic acid groups (broad SMARTS) is 1. The first-order chi connectivity index (χ1) is 9.72. The van der Waals surface area contributed by atoms with Gasteiger partial charge in [0.05, 0.1) is 0 Å². The molecule has 1 aliphatic heterocycles. The summed E-state index contributed by atoms with van der Waals surface area (Å²) in [6.07, 6.45) is 6.30. The summed E-state index contributed by atoms with van der Waals surface area (Å²) >= 11 is 0. The Bertz CT molecular complexity index is 450. The largest absolute Gasteiger partial charge is 0.480 e. The zero-order valence-corrected chi connectivity index (χ0v) is 11.5. The zero-order chi connectivity index (χ0) is 13.9. The Morgan fingerprint density at radius 2 is 2.20 bits per heavy atom. The lowest BCUT2D eigenvalue weighted by atomic mass is 9.69. The van der Waals surface area contributed by atoms with Gasteiger partial charge in [-0.3, -0.25) is 4.79 Å². The van der Waals surface area contributed by atoms with Crippen molar-refractivity contribution in [1.29, 1.82) is 0 Å². The minimum Gasteiger partial charge on any atom is -0.480 e. The molecule has 1 aromatic heterocycles. The maximum atomic E-state index is 11.1. The minimum absolute atomic E-state index is 0.354. The van der Waals surface area contributed by atoms with Crippen LogP contribution in [0.15, 0.2) is 0 Å². The lowest BCUT2D eigenvalue weighted by molar-refractivity contribution is -0.141. The molecule has 3 rings (SSSR count). The molecule has 110 valence electrons. The number of H-pyrrole nitrogens is 1. The first kappa shape index (κ1) is 13.5. The molecule has 4 atom stereocenters. The van der Waals surface area contributed by atoms with Crippen molar-refractivity contribution >= 4 is 5.97 Å². The van der Waals surface area contributed by atoms with Gasteiger partial charge in [0.15, 0.2) is 5.82 Å². The topological polar surface area (TPSA) is 104 Å². The standard InChI is InChI=1S/C13H21N5O2/c19-13(20)11-6-10-5-8(1-3-9(10)7-14-11)2-4-12-15-17-18-16-12/h8-11,14H,1-7H2,(H,19,20)(H,15,16,17,18)/t8-,9-,10-,11+/m1/s1. The predicted molar refractivity (Wildman–Crippen MR) is 70.9 cm³/mol. The monoisotopic (exact) mass is 279 g/mol. The second-order valence-corrected chi connectivity index (χ2v) is 6.10. The second kappa shape index (κ2) is 5.87. The lowest BCUT2D eigenvalue weighted by Gasteiger charge is -2.41. The van der Waals surface area contributed by atoms with Gasteiger partial charge in [-0.25, -0.2) is 0 Å². The van der Waals surface area contributed by atoms with E-state index in [1.807, 2.05) is 0 Å². The fourth-order valence-electron chi connectivity index (χ4n) is 3.73. The Morgan fingerprint density at radius 1 is 1.30 bits per heavy atom. The van der Waals surface area contributed by atoms with Crippen molar-refractivity contribution in [2.45, 2.75) is 44.6 Å². The molecule has 0 spiro atoms. The summed E-state index contributed by atoms with van der Waals surface area (Å²) in [5, 5.41) is 26.3. The van der Waals surface area contributed by atoms with Crippen molar-refractivity contribution in [2.75, 3.05) is 6.54 Å². The number of piperidine rings is 1. The Morgan fingerprint density at radius 3 is 2.95 bits per heavy atom. The number of nitrogens with one attached hydrogen (secondary N) is 2. The first-order valence-corrected chi connectivity index (χ1v) is 7.41. The third kappa shape index (κ3) is 2.98. The molecular formula is C13H21N5O2. The number of fused-ring (bicyclic) bond motifs is 1. The molecule has 1 saturated carbocycles. The lowest BCUT2D eigenvalue weighted by Crippen LogP contribution is -2.49. The number of aromatic amines is 1. The summed E-state index contributed by atoms with van der Waals surface area (Å²) in [5.74, 6) is 1.95. The van der Waals surface area contributed by atoms with Crippen molar-refractivity contribution < 1.29 is 9.90 Å². The van der Waals surface area contributed by atoms with Crippen molar-refractivity contribution in [3.63, 3.8) is 0 Å². The Labute approximate surface area is 117 Å². The maximum absolute atomic E-state index is 11.1. The summed E-state index contributed by atoms with van der Waals surface area (Å²) in [5.41, 5.74) is 0. The molecule has 7 nitrogen and oxygen atoms in total. The molecule has 0 bridgehead atoms. The number of aromatic nitrogens is 4. The van der Waals surface area contributed by atoms with E-state index in [0.717, 1.165) is 38.1 Å². The minimum atomic E-state index is -0.711. The average molecular weight is 279 g/mol. The van der Waals surface area contributed by atoms with Crippen LogP contribution in [0, 0.1) is 17.8 Å². The summed E-state index contributed by atoms with van der Waals surface area (Å²) in [4.78, 5) is 11.1. The number of carbonyl (C=O) groups is 1. The van der Waals surface area contributed by atoms with Crippen molar-refractivity contribution in [2.24, 2.45) is 17.8 Å². The maximum Gasteiger partial charge on any atom is 0.320 e. The van der Waals surface area contributed by atoms with Crippen LogP contribution in [0.3, 0.4) is 0 Å². The van der Waals surface area contributed by atoms with E-state index in [2.05, 4.69) is 25.9 Å². The normalized spacial score (nSPS) is 33.6. The highest BCUT2D eigenvalue weighted by atomic mass is 16.4. The van der Waals surface area contributed by atoms with Crippen molar-refractivity contribution in [3.05, 3.63) is 5.82 Å². The van der Waals surface area contributed by atoms with Gasteiger partial charge in [0, 0.05) is 6.42 Å². The van der Waals surface area contributed by atoms with Crippen LogP contribution >= 0.6 is 0 Å². The van der Waals surface area contributed by atoms with Gasteiger partial charge in [0.25, 0.3) is 0 Å². The zero-order valence-electron chi connectivity index (χ0n) is 11.5. The highest BCUT2D eigenvalue weighted by molar-refractivity contribution is 5.73. The highest BCUT2D eigenvalue weighted by Crippen LogP contribution is 2.40. The van der Waals surface area contributed by atoms with Gasteiger partial charge < -0.3 is 10.4 Å². The first-order valence-electron chi connectivity index (χ1n) is 7.41. The molecule has 2 fully saturated rings. The molecule has 20 heavy (non-hydrogen) atoms. The van der Waals surface area contributed by atoms with E-state index in [9.17, 15) is 4.79 Å². The van der Waals surface area contributed by atoms with Crippen molar-refractivity contribution in [3.8, 4) is 0 Å². The summed E-state index contributed by atoms with van der Waals surface area (Å²) < 4.78 is 0. The summed E-state index contributed by atoms with van der Waals surface area (Å²) in [6.45, 7) is 0.860. The van der Waals surface area contributed by atoms with Gasteiger partial charge in [0.1, 0.15) is 6.04 Å². The van der Waals surface area contributed by atoms with E-state index in [1.165, 1.54) is 12.8 Å². The molecule has 0 amide bonds. The number of nitrogens with zero attached hydrogens (tertiary/aromatic N) is 3. The SMILES string of the molecule is O=C(O)[C@@H]1C[C@H]2C[C@@H](CCc3nn[nH]n3)CC[C@@H]2CN1. The molecule has 0 radical (unpaired) electrons. The average Bonchev–Trinajstić information content (AvgIpc) is 2.97. The number of tetrazole rings is 1. The van der Waals surface area contributed by atoms with E-state index in [0.29, 0.717) is 17.8 Å². The molecule has 0 unspecified atom stereocenters. The number of aryl methyl sites for hydroxylation is 1. The Kier molecular flexibility index (Phi) is 3.95. The van der Waals surface area contributed by atoms with Gasteiger partial charge in [-0.05, 0) is 50.0 Å². The van der Waals surface area contributed by atoms with Gasteiger partial charge in [-0.2, -0.15) is 5.21 Å². The summed E-state index contributed by atoms with van der Waals surface area (Å²) in [6, 6.07) is -0.354. The molecule has 3 N–H and O–H groups in total. The molecule has 1 aromatic rings. The molecule has 2 heterocycles. The van der Waals surface area contributed by atoms with E-state index >= 15 is 0 Å². The fourth-order valence-corrected chi connectivity index (χ4v) is 3.73. The van der Waals surface area contributed by atoms with Crippen LogP contribution in [0.4, 0.5) is 0 Å². The molecule has 2 aliphatic rings. The summed E-state index contributed by atoms with van der Waals surface area (Å²) in [7, 11) is 0. The van der Waals surface area contributed by atoms with Crippen LogP contribution < -0.4 is 5.32 Å². The van der Waals surface area contributed by atoms with E-state index < -0.39 is 5.97 Å². The highest BCUT2D eigenvalue weighted by Gasteiger charge is 2.37. The van der Waals surface area contributed by atoms with Gasteiger partial charge in [-0.15, -0.1) is 10.2 Å². The van der Waals surface area contributed by atoms with E-state index in [-0.39, 0.29) is 6.04 Å². The third-order valence-electron chi connectivity index (χ3n) is 4.88. The molecule has 1 saturated heterocycles. The van der Waals surface area contributed by atoms with Crippen LogP contribution in [-0.4, -0.2) is 44.3 Å². The smallest absolute Gasteiger partial charge is 0.320 e. The van der Waals surface area contributed by atoms with Gasteiger partial charge in [-0.1, -0.05) is 11.6 Å². The van der Waals surface area contributed by atoms with Gasteiger partial charge >= 0.3 is 5.97 Å². The Hall–Kier alpha value is -1.50. The Balaban J connectivity index is 1.52. The molecule has 1 aliphatic carbocycles. The molecule has 0 aromatic carbocycles. The van der Waals surface area contributed by atoms with Crippen LogP contribution in [0.25, 0.3) is 0 Å². The quantitative estimate of drug-likeness (QED) is 0.746. The third-order valence-corrected chi connectivity index (χ3v) is 4.88. The molecule has 7 heteroatoms. The van der Waals surface area contributed by atoms with Crippen molar-refractivity contribution in [1.82, 2.24) is 25.9 Å². The fraction of sp³-hybridized carbons (Fsp3) is 0.846. The second-order valence-electron chi connectivity index (χ2n) is 6.10. The predicted octanol–water partition coefficient (Wildman–Crippen LogP) is 0.611. The molecular weight excluding hydrogens is 258 g/mol. The van der Waals surface area contributed by atoms with E-state index in [1.54, 1.807) is 0 Å². The number of aliphatic carboxylic acids is 1.